The molecule has 0 saturated carbocycles. The number of nitrogens with zero attached hydrogens (tertiary/aromatic N) is 2. The second-order valence-corrected chi connectivity index (χ2v) is 9.91. The maximum absolute atomic E-state index is 12.5. The van der Waals surface area contributed by atoms with Crippen LogP contribution in [0.1, 0.15) is 39.5 Å². The Bertz CT molecular complexity index is 703. The second-order valence-electron chi connectivity index (χ2n) is 7.68. The molecule has 0 spiro atoms. The predicted octanol–water partition coefficient (Wildman–Crippen LogP) is 0.329. The number of carbonyl (C=O) groups excluding carboxylic acids is 2. The average molecular weight is 385 g/mol. The molecule has 0 aromatic rings. The van der Waals surface area contributed by atoms with E-state index in [-0.39, 0.29) is 48.2 Å². The number of ether oxygens (including phenoxy) is 1. The molecular formula is C17H27N3O5S. The Balaban J connectivity index is 1.61. The molecule has 3 heterocycles. The van der Waals surface area contributed by atoms with Crippen molar-refractivity contribution in [2.75, 3.05) is 24.7 Å². The third-order valence-corrected chi connectivity index (χ3v) is 7.07. The molecule has 0 aromatic carbocycles. The van der Waals surface area contributed by atoms with Crippen molar-refractivity contribution in [1.82, 2.24) is 10.3 Å². The van der Waals surface area contributed by atoms with Crippen molar-refractivity contribution in [3.63, 3.8) is 0 Å². The molecule has 1 N–H and O–H groups in total. The highest BCUT2D eigenvalue weighted by atomic mass is 32.2. The number of sulfone groups is 1. The Morgan fingerprint density at radius 1 is 1.35 bits per heavy atom. The first-order valence-corrected chi connectivity index (χ1v) is 11.1. The molecule has 3 aliphatic heterocycles. The number of hydrogen-bond donors (Lipinski definition) is 1. The van der Waals surface area contributed by atoms with Crippen LogP contribution in [0.25, 0.3) is 0 Å². The van der Waals surface area contributed by atoms with Crippen LogP contribution in [0.4, 0.5) is 0 Å². The van der Waals surface area contributed by atoms with E-state index in [0.29, 0.717) is 31.2 Å². The maximum atomic E-state index is 12.5. The largest absolute Gasteiger partial charge is 0.378 e. The van der Waals surface area contributed by atoms with Gasteiger partial charge in [0.2, 0.25) is 5.91 Å². The van der Waals surface area contributed by atoms with E-state index < -0.39 is 15.9 Å². The molecule has 3 rings (SSSR count). The van der Waals surface area contributed by atoms with Gasteiger partial charge in [-0.2, -0.15) is 5.10 Å². The summed E-state index contributed by atoms with van der Waals surface area (Å²) >= 11 is 0. The fourth-order valence-corrected chi connectivity index (χ4v) is 5.62. The second kappa shape index (κ2) is 7.64. The van der Waals surface area contributed by atoms with Crippen molar-refractivity contribution >= 4 is 27.4 Å². The normalized spacial score (nSPS) is 31.3. The Kier molecular flexibility index (Phi) is 5.67. The molecule has 0 bridgehead atoms. The van der Waals surface area contributed by atoms with E-state index in [2.05, 4.69) is 24.3 Å². The van der Waals surface area contributed by atoms with Crippen LogP contribution >= 0.6 is 0 Å². The van der Waals surface area contributed by atoms with Gasteiger partial charge in [0.1, 0.15) is 5.71 Å². The van der Waals surface area contributed by atoms with Gasteiger partial charge < -0.3 is 10.1 Å². The number of hydrogen-bond acceptors (Lipinski definition) is 6. The summed E-state index contributed by atoms with van der Waals surface area (Å²) in [6.07, 6.45) is 1.91. The van der Waals surface area contributed by atoms with Gasteiger partial charge in [-0.05, 0) is 18.8 Å². The molecule has 3 aliphatic rings. The van der Waals surface area contributed by atoms with Crippen LogP contribution in [-0.2, 0) is 24.2 Å². The fourth-order valence-electron chi connectivity index (χ4n) is 3.92. The highest BCUT2D eigenvalue weighted by Gasteiger charge is 2.37. The zero-order valence-electron chi connectivity index (χ0n) is 15.3. The smallest absolute Gasteiger partial charge is 0.267 e. The monoisotopic (exact) mass is 385 g/mol. The lowest BCUT2D eigenvalue weighted by atomic mass is 9.93. The molecule has 2 amide bonds. The lowest BCUT2D eigenvalue weighted by Gasteiger charge is -2.28. The van der Waals surface area contributed by atoms with Gasteiger partial charge in [0.25, 0.3) is 5.91 Å². The number of nitrogens with one attached hydrogen (secondary N) is 1. The van der Waals surface area contributed by atoms with Gasteiger partial charge in [-0.25, -0.2) is 13.4 Å². The summed E-state index contributed by atoms with van der Waals surface area (Å²) in [6, 6.07) is -0.454. The highest BCUT2D eigenvalue weighted by Crippen LogP contribution is 2.26. The van der Waals surface area contributed by atoms with Gasteiger partial charge in [-0.3, -0.25) is 9.59 Å². The number of carbonyl (C=O) groups is 2. The van der Waals surface area contributed by atoms with Crippen molar-refractivity contribution in [2.24, 2.45) is 16.9 Å². The van der Waals surface area contributed by atoms with Crippen LogP contribution < -0.4 is 5.32 Å². The topological polar surface area (TPSA) is 105 Å². The predicted molar refractivity (Wildman–Crippen MR) is 96.3 cm³/mol. The van der Waals surface area contributed by atoms with Gasteiger partial charge in [-0.15, -0.1) is 0 Å². The average Bonchev–Trinajstić information content (AvgIpc) is 3.19. The van der Waals surface area contributed by atoms with Crippen LogP contribution in [0, 0.1) is 11.8 Å². The van der Waals surface area contributed by atoms with E-state index in [4.69, 9.17) is 4.74 Å². The van der Waals surface area contributed by atoms with E-state index in [0.717, 1.165) is 6.42 Å². The zero-order valence-corrected chi connectivity index (χ0v) is 16.1. The molecule has 3 atom stereocenters. The van der Waals surface area contributed by atoms with Gasteiger partial charge in [0, 0.05) is 31.9 Å². The molecule has 146 valence electrons. The third-order valence-electron chi connectivity index (χ3n) is 5.32. The molecule has 0 aromatic heterocycles. The molecule has 26 heavy (non-hydrogen) atoms. The van der Waals surface area contributed by atoms with Crippen molar-refractivity contribution in [3.05, 3.63) is 0 Å². The van der Waals surface area contributed by atoms with Crippen LogP contribution in [0.5, 0.6) is 0 Å². The minimum Gasteiger partial charge on any atom is -0.378 e. The molecule has 0 aliphatic carbocycles. The summed E-state index contributed by atoms with van der Waals surface area (Å²) in [6.45, 7) is 5.44. The Labute approximate surface area is 154 Å². The first kappa shape index (κ1) is 19.3. The van der Waals surface area contributed by atoms with E-state index in [1.54, 1.807) is 0 Å². The molecular weight excluding hydrogens is 358 g/mol. The summed E-state index contributed by atoms with van der Waals surface area (Å²) < 4.78 is 29.1. The van der Waals surface area contributed by atoms with Crippen molar-refractivity contribution in [1.29, 1.82) is 0 Å². The highest BCUT2D eigenvalue weighted by molar-refractivity contribution is 7.91. The first-order valence-electron chi connectivity index (χ1n) is 9.26. The third kappa shape index (κ3) is 4.25. The van der Waals surface area contributed by atoms with E-state index in [1.165, 1.54) is 5.01 Å². The summed E-state index contributed by atoms with van der Waals surface area (Å²) in [5.74, 6) is 0.166. The Morgan fingerprint density at radius 3 is 2.77 bits per heavy atom. The molecule has 9 heteroatoms. The number of hydrazone groups is 1. The van der Waals surface area contributed by atoms with Crippen LogP contribution in [-0.4, -0.2) is 67.8 Å². The van der Waals surface area contributed by atoms with Crippen molar-refractivity contribution in [3.8, 4) is 0 Å². The van der Waals surface area contributed by atoms with E-state index in [1.807, 2.05) is 0 Å². The molecule has 2 fully saturated rings. The van der Waals surface area contributed by atoms with E-state index >= 15 is 0 Å². The van der Waals surface area contributed by atoms with Crippen molar-refractivity contribution < 1.29 is 22.7 Å². The SMILES string of the molecule is CC(C)[C@@H]1OCC[C@@H]1CNC(=O)C1=NN([C@H]2CCS(=O)(=O)C2)C(=O)CC1. The number of rotatable bonds is 5. The Morgan fingerprint density at radius 2 is 2.12 bits per heavy atom. The van der Waals surface area contributed by atoms with Crippen LogP contribution in [0.3, 0.4) is 0 Å². The molecule has 0 unspecified atom stereocenters. The Hall–Kier alpha value is -1.48. The van der Waals surface area contributed by atoms with Crippen LogP contribution in [0.15, 0.2) is 5.10 Å². The van der Waals surface area contributed by atoms with Gasteiger partial charge in [-0.1, -0.05) is 13.8 Å². The maximum Gasteiger partial charge on any atom is 0.267 e. The number of amides is 2. The zero-order chi connectivity index (χ0) is 18.9. The molecule has 8 nitrogen and oxygen atoms in total. The first-order chi connectivity index (χ1) is 12.3. The summed E-state index contributed by atoms with van der Waals surface area (Å²) in [7, 11) is -3.12. The lowest BCUT2D eigenvalue weighted by molar-refractivity contribution is -0.133. The molecule has 2 saturated heterocycles. The summed E-state index contributed by atoms with van der Waals surface area (Å²) in [5.41, 5.74) is 0.300. The minimum absolute atomic E-state index is 0.0662. The minimum atomic E-state index is -3.12. The van der Waals surface area contributed by atoms with Crippen LogP contribution in [0.2, 0.25) is 0 Å². The van der Waals surface area contributed by atoms with Gasteiger partial charge in [0.05, 0.1) is 23.7 Å². The van der Waals surface area contributed by atoms with Crippen molar-refractivity contribution in [2.45, 2.75) is 51.7 Å². The van der Waals surface area contributed by atoms with Gasteiger partial charge in [0.15, 0.2) is 9.84 Å². The van der Waals surface area contributed by atoms with Gasteiger partial charge >= 0.3 is 0 Å². The standard InChI is InChI=1S/C17H27N3O5S/c1-11(2)16-12(5-7-25-16)9-18-17(22)14-3-4-15(21)20(19-14)13-6-8-26(23,24)10-13/h11-13,16H,3-10H2,1-2H3,(H,18,22)/t12-,13+,16+/m1/s1. The molecule has 0 radical (unpaired) electrons. The fraction of sp³-hybridized carbons (Fsp3) is 0.824. The van der Waals surface area contributed by atoms with E-state index in [9.17, 15) is 18.0 Å². The summed E-state index contributed by atoms with van der Waals surface area (Å²) in [5, 5.41) is 8.34. The summed E-state index contributed by atoms with van der Waals surface area (Å²) in [4.78, 5) is 24.6. The quantitative estimate of drug-likeness (QED) is 0.734. The lowest BCUT2D eigenvalue weighted by Crippen LogP contribution is -2.45.